The van der Waals surface area contributed by atoms with Crippen molar-refractivity contribution in [1.29, 1.82) is 0 Å². The van der Waals surface area contributed by atoms with Crippen molar-refractivity contribution in [2.24, 2.45) is 11.3 Å². The minimum atomic E-state index is -0.184. The first-order chi connectivity index (χ1) is 12.2. The maximum atomic E-state index is 13.0. The Kier molecular flexibility index (Phi) is 4.53. The number of hydrogen-bond acceptors (Lipinski definition) is 2. The van der Waals surface area contributed by atoms with E-state index in [4.69, 9.17) is 0 Å². The molecule has 4 nitrogen and oxygen atoms in total. The third kappa shape index (κ3) is 3.58. The van der Waals surface area contributed by atoms with Crippen molar-refractivity contribution in [2.75, 3.05) is 26.2 Å². The van der Waals surface area contributed by atoms with Crippen LogP contribution in [0.1, 0.15) is 44.1 Å². The predicted octanol–water partition coefficient (Wildman–Crippen LogP) is 2.87. The topological polar surface area (TPSA) is 40.6 Å². The van der Waals surface area contributed by atoms with E-state index in [2.05, 4.69) is 4.90 Å². The van der Waals surface area contributed by atoms with Crippen molar-refractivity contribution < 1.29 is 9.59 Å². The summed E-state index contributed by atoms with van der Waals surface area (Å²) in [5.41, 5.74) is 0.885. The summed E-state index contributed by atoms with van der Waals surface area (Å²) in [5.74, 6) is 1.33. The largest absolute Gasteiger partial charge is 0.342 e. The number of benzene rings is 1. The van der Waals surface area contributed by atoms with Gasteiger partial charge in [-0.2, -0.15) is 0 Å². The van der Waals surface area contributed by atoms with Gasteiger partial charge in [0.05, 0.1) is 11.8 Å². The monoisotopic (exact) mass is 340 g/mol. The van der Waals surface area contributed by atoms with E-state index in [1.165, 1.54) is 12.8 Å². The first-order valence-corrected chi connectivity index (χ1v) is 9.77. The molecule has 3 aliphatic rings. The summed E-state index contributed by atoms with van der Waals surface area (Å²) in [5, 5.41) is 0. The van der Waals surface area contributed by atoms with Crippen molar-refractivity contribution in [1.82, 2.24) is 9.80 Å². The molecular formula is C21H28N2O2. The Morgan fingerprint density at radius 3 is 2.56 bits per heavy atom. The molecule has 25 heavy (non-hydrogen) atoms. The lowest BCUT2D eigenvalue weighted by Crippen LogP contribution is -2.37. The summed E-state index contributed by atoms with van der Waals surface area (Å²) in [7, 11) is 0. The molecule has 0 unspecified atom stereocenters. The molecule has 2 amide bonds. The van der Waals surface area contributed by atoms with Gasteiger partial charge in [0.2, 0.25) is 11.8 Å². The average Bonchev–Trinajstić information content (AvgIpc) is 3.41. The highest BCUT2D eigenvalue weighted by Gasteiger charge is 2.47. The molecule has 1 atom stereocenters. The van der Waals surface area contributed by atoms with Crippen LogP contribution in [-0.2, 0) is 16.0 Å². The highest BCUT2D eigenvalue weighted by atomic mass is 16.2. The lowest BCUT2D eigenvalue weighted by Gasteiger charge is -2.27. The summed E-state index contributed by atoms with van der Waals surface area (Å²) < 4.78 is 0. The molecule has 1 saturated carbocycles. The third-order valence-corrected chi connectivity index (χ3v) is 6.27. The number of amides is 2. The normalized spacial score (nSPS) is 27.0. The van der Waals surface area contributed by atoms with Gasteiger partial charge in [-0.15, -0.1) is 0 Å². The van der Waals surface area contributed by atoms with Crippen molar-refractivity contribution in [3.63, 3.8) is 0 Å². The zero-order valence-electron chi connectivity index (χ0n) is 15.0. The molecule has 4 heteroatoms. The Bertz CT molecular complexity index is 641. The number of likely N-dealkylation sites (tertiary alicyclic amines) is 2. The van der Waals surface area contributed by atoms with Crippen LogP contribution in [-0.4, -0.2) is 47.8 Å². The van der Waals surface area contributed by atoms with Crippen LogP contribution >= 0.6 is 0 Å². The molecule has 1 aromatic carbocycles. The minimum absolute atomic E-state index is 0.184. The fourth-order valence-electron chi connectivity index (χ4n) is 4.47. The van der Waals surface area contributed by atoms with E-state index in [9.17, 15) is 9.59 Å². The molecule has 2 aliphatic heterocycles. The minimum Gasteiger partial charge on any atom is -0.342 e. The molecular weight excluding hydrogens is 312 g/mol. The van der Waals surface area contributed by atoms with E-state index in [1.54, 1.807) is 0 Å². The zero-order chi connectivity index (χ0) is 17.3. The van der Waals surface area contributed by atoms with Crippen LogP contribution in [0.5, 0.6) is 0 Å². The van der Waals surface area contributed by atoms with Crippen molar-refractivity contribution >= 4 is 11.8 Å². The standard InChI is InChI=1S/C21H28N2O2/c24-19(15-17-5-2-1-3-6-17)22-12-4-9-21(10-13-22)11-14-23(20(21)25)16-18-7-8-18/h1-3,5-6,18H,4,7-16H2/t21-/m0/s1. The van der Waals surface area contributed by atoms with Crippen LogP contribution in [0.4, 0.5) is 0 Å². The Hall–Kier alpha value is -1.84. The molecule has 134 valence electrons. The van der Waals surface area contributed by atoms with E-state index in [0.717, 1.165) is 63.3 Å². The zero-order valence-corrected chi connectivity index (χ0v) is 15.0. The Labute approximate surface area is 150 Å². The Balaban J connectivity index is 1.37. The molecule has 1 aromatic rings. The fraction of sp³-hybridized carbons (Fsp3) is 0.619. The highest BCUT2D eigenvalue weighted by molar-refractivity contribution is 5.85. The van der Waals surface area contributed by atoms with E-state index >= 15 is 0 Å². The molecule has 3 fully saturated rings. The fourth-order valence-corrected chi connectivity index (χ4v) is 4.47. The molecule has 0 N–H and O–H groups in total. The van der Waals surface area contributed by atoms with Crippen LogP contribution < -0.4 is 0 Å². The molecule has 1 aliphatic carbocycles. The number of carbonyl (C=O) groups is 2. The van der Waals surface area contributed by atoms with E-state index in [0.29, 0.717) is 12.3 Å². The molecule has 2 heterocycles. The van der Waals surface area contributed by atoms with Gasteiger partial charge >= 0.3 is 0 Å². The summed E-state index contributed by atoms with van der Waals surface area (Å²) in [4.78, 5) is 29.7. The maximum absolute atomic E-state index is 13.0. The van der Waals surface area contributed by atoms with Gasteiger partial charge < -0.3 is 9.80 Å². The Morgan fingerprint density at radius 2 is 1.80 bits per heavy atom. The van der Waals surface area contributed by atoms with Crippen molar-refractivity contribution in [3.05, 3.63) is 35.9 Å². The highest BCUT2D eigenvalue weighted by Crippen LogP contribution is 2.43. The summed E-state index contributed by atoms with van der Waals surface area (Å²) >= 11 is 0. The van der Waals surface area contributed by atoms with Gasteiger partial charge in [0.25, 0.3) is 0 Å². The van der Waals surface area contributed by atoms with Gasteiger partial charge in [0.1, 0.15) is 0 Å². The third-order valence-electron chi connectivity index (χ3n) is 6.27. The Morgan fingerprint density at radius 1 is 1.04 bits per heavy atom. The molecule has 0 aromatic heterocycles. The second-order valence-electron chi connectivity index (χ2n) is 8.12. The van der Waals surface area contributed by atoms with E-state index < -0.39 is 0 Å². The van der Waals surface area contributed by atoms with Crippen LogP contribution in [0.25, 0.3) is 0 Å². The lowest BCUT2D eigenvalue weighted by molar-refractivity contribution is -0.137. The maximum Gasteiger partial charge on any atom is 0.228 e. The van der Waals surface area contributed by atoms with Gasteiger partial charge in [-0.1, -0.05) is 30.3 Å². The predicted molar refractivity (Wildman–Crippen MR) is 96.9 cm³/mol. The van der Waals surface area contributed by atoms with E-state index in [1.807, 2.05) is 35.2 Å². The number of carbonyl (C=O) groups excluding carboxylic acids is 2. The quantitative estimate of drug-likeness (QED) is 0.846. The van der Waals surface area contributed by atoms with Crippen molar-refractivity contribution in [3.8, 4) is 0 Å². The molecule has 1 spiro atoms. The summed E-state index contributed by atoms with van der Waals surface area (Å²) in [6.45, 7) is 3.42. The second-order valence-corrected chi connectivity index (χ2v) is 8.12. The van der Waals surface area contributed by atoms with Crippen LogP contribution in [0.2, 0.25) is 0 Å². The number of hydrogen-bond donors (Lipinski definition) is 0. The number of nitrogens with zero attached hydrogens (tertiary/aromatic N) is 2. The first kappa shape index (κ1) is 16.6. The van der Waals surface area contributed by atoms with Crippen LogP contribution in [0.3, 0.4) is 0 Å². The van der Waals surface area contributed by atoms with Crippen LogP contribution in [0, 0.1) is 11.3 Å². The van der Waals surface area contributed by atoms with Gasteiger partial charge in [0, 0.05) is 26.2 Å². The molecule has 4 rings (SSSR count). The summed E-state index contributed by atoms with van der Waals surface area (Å²) in [6.07, 6.45) is 6.77. The van der Waals surface area contributed by atoms with Gasteiger partial charge in [0.15, 0.2) is 0 Å². The molecule has 0 radical (unpaired) electrons. The van der Waals surface area contributed by atoms with Crippen molar-refractivity contribution in [2.45, 2.75) is 44.9 Å². The van der Waals surface area contributed by atoms with Gasteiger partial charge in [-0.3, -0.25) is 9.59 Å². The lowest BCUT2D eigenvalue weighted by atomic mass is 9.79. The number of rotatable bonds is 4. The molecule has 2 saturated heterocycles. The van der Waals surface area contributed by atoms with E-state index in [-0.39, 0.29) is 11.3 Å². The molecule has 0 bridgehead atoms. The second kappa shape index (κ2) is 6.81. The smallest absolute Gasteiger partial charge is 0.228 e. The van der Waals surface area contributed by atoms with Gasteiger partial charge in [-0.25, -0.2) is 0 Å². The van der Waals surface area contributed by atoms with Crippen LogP contribution in [0.15, 0.2) is 30.3 Å². The average molecular weight is 340 g/mol. The van der Waals surface area contributed by atoms with Gasteiger partial charge in [-0.05, 0) is 50.0 Å². The first-order valence-electron chi connectivity index (χ1n) is 9.77. The summed E-state index contributed by atoms with van der Waals surface area (Å²) in [6, 6.07) is 9.95. The SMILES string of the molecule is O=C(Cc1ccccc1)N1CCC[C@]2(CC1)CCN(CC1CC1)C2=O.